The number of carbonyl (C=O) groups excluding carboxylic acids is 1. The zero-order chi connectivity index (χ0) is 23.1. The summed E-state index contributed by atoms with van der Waals surface area (Å²) in [4.78, 5) is 14.4. The maximum Gasteiger partial charge on any atom is 0.291 e. The first-order chi connectivity index (χ1) is 15.9. The summed E-state index contributed by atoms with van der Waals surface area (Å²) >= 11 is 18.3. The van der Waals surface area contributed by atoms with E-state index in [1.54, 1.807) is 48.5 Å². The Labute approximate surface area is 203 Å². The molecule has 0 fully saturated rings. The number of nitrogens with one attached hydrogen (secondary N) is 1. The fraction of sp³-hybridized carbons (Fsp3) is 0.0417. The van der Waals surface area contributed by atoms with Gasteiger partial charge in [-0.25, -0.2) is 0 Å². The van der Waals surface area contributed by atoms with Crippen molar-refractivity contribution in [2.24, 2.45) is 0 Å². The molecule has 2 heterocycles. The molecule has 164 valence electrons. The highest BCUT2D eigenvalue weighted by Gasteiger charge is 2.16. The lowest BCUT2D eigenvalue weighted by atomic mass is 10.1. The first kappa shape index (κ1) is 21.5. The number of carbonyl (C=O) groups is 1. The van der Waals surface area contributed by atoms with Crippen LogP contribution in [0.2, 0.25) is 15.1 Å². The summed E-state index contributed by atoms with van der Waals surface area (Å²) < 4.78 is 5.74. The number of hydrogen-bond donors (Lipinski definition) is 1. The van der Waals surface area contributed by atoms with Crippen molar-refractivity contribution in [1.29, 1.82) is 0 Å². The van der Waals surface area contributed by atoms with Gasteiger partial charge < -0.3 is 9.73 Å². The van der Waals surface area contributed by atoms with Crippen molar-refractivity contribution in [2.75, 3.05) is 5.32 Å². The molecule has 0 aliphatic heterocycles. The second-order valence-corrected chi connectivity index (χ2v) is 8.64. The van der Waals surface area contributed by atoms with Gasteiger partial charge in [-0.1, -0.05) is 34.8 Å². The van der Waals surface area contributed by atoms with Crippen LogP contribution in [0.25, 0.3) is 28.0 Å². The molecule has 2 aromatic heterocycles. The molecule has 5 aromatic rings. The molecular formula is C24H15Cl3N4O2. The van der Waals surface area contributed by atoms with E-state index in [1.807, 2.05) is 25.1 Å². The summed E-state index contributed by atoms with van der Waals surface area (Å²) in [7, 11) is 0. The molecule has 0 unspecified atom stereocenters. The summed E-state index contributed by atoms with van der Waals surface area (Å²) in [5, 5.41) is 13.5. The fourth-order valence-corrected chi connectivity index (χ4v) is 3.88. The lowest BCUT2D eigenvalue weighted by Crippen LogP contribution is -2.11. The van der Waals surface area contributed by atoms with Gasteiger partial charge in [-0.3, -0.25) is 4.79 Å². The van der Waals surface area contributed by atoms with E-state index in [2.05, 4.69) is 15.5 Å². The first-order valence-electron chi connectivity index (χ1n) is 9.87. The Morgan fingerprint density at radius 1 is 0.879 bits per heavy atom. The Hall–Kier alpha value is -3.32. The van der Waals surface area contributed by atoms with Gasteiger partial charge >= 0.3 is 0 Å². The van der Waals surface area contributed by atoms with Crippen LogP contribution in [0, 0.1) is 6.92 Å². The molecule has 0 bridgehead atoms. The molecule has 1 N–H and O–H groups in total. The van der Waals surface area contributed by atoms with Crippen molar-refractivity contribution in [2.45, 2.75) is 6.92 Å². The van der Waals surface area contributed by atoms with Gasteiger partial charge in [0.15, 0.2) is 5.76 Å². The zero-order valence-corrected chi connectivity index (χ0v) is 19.4. The standard InChI is InChI=1S/C24H15Cl3N4O2/c1-13-10-20-21(30-31(29-20)16-5-2-14(25)3-6-16)12-19(13)28-24(32)23-9-8-22(33-23)17-11-15(26)4-7-18(17)27/h2-12H,1H3,(H,28,32). The van der Waals surface area contributed by atoms with Crippen LogP contribution >= 0.6 is 34.8 Å². The largest absolute Gasteiger partial charge is 0.451 e. The van der Waals surface area contributed by atoms with Gasteiger partial charge in [0.05, 0.1) is 10.7 Å². The van der Waals surface area contributed by atoms with Gasteiger partial charge in [0, 0.05) is 21.3 Å². The molecule has 0 saturated carbocycles. The average Bonchev–Trinajstić information content (AvgIpc) is 3.43. The number of hydrogen-bond acceptors (Lipinski definition) is 4. The molecule has 3 aromatic carbocycles. The molecule has 6 nitrogen and oxygen atoms in total. The highest BCUT2D eigenvalue weighted by molar-refractivity contribution is 6.35. The fourth-order valence-electron chi connectivity index (χ4n) is 3.37. The van der Waals surface area contributed by atoms with E-state index in [4.69, 9.17) is 39.2 Å². The van der Waals surface area contributed by atoms with Crippen molar-refractivity contribution in [1.82, 2.24) is 15.0 Å². The molecule has 0 spiro atoms. The molecule has 1 amide bonds. The van der Waals surface area contributed by atoms with E-state index in [-0.39, 0.29) is 5.76 Å². The van der Waals surface area contributed by atoms with Gasteiger partial charge in [-0.05, 0) is 79.2 Å². The molecule has 9 heteroatoms. The predicted molar refractivity (Wildman–Crippen MR) is 131 cm³/mol. The van der Waals surface area contributed by atoms with Crippen molar-refractivity contribution in [3.63, 3.8) is 0 Å². The number of benzene rings is 3. The highest BCUT2D eigenvalue weighted by Crippen LogP contribution is 2.32. The smallest absolute Gasteiger partial charge is 0.291 e. The molecular weight excluding hydrogens is 483 g/mol. The van der Waals surface area contributed by atoms with E-state index in [0.717, 1.165) is 11.3 Å². The molecule has 33 heavy (non-hydrogen) atoms. The Morgan fingerprint density at radius 3 is 2.33 bits per heavy atom. The van der Waals surface area contributed by atoms with Crippen LogP contribution in [0.4, 0.5) is 5.69 Å². The SMILES string of the molecule is Cc1cc2nn(-c3ccc(Cl)cc3)nc2cc1NC(=O)c1ccc(-c2cc(Cl)ccc2Cl)o1. The Balaban J connectivity index is 1.41. The van der Waals surface area contributed by atoms with Crippen LogP contribution in [0.1, 0.15) is 16.1 Å². The molecule has 5 rings (SSSR count). The number of nitrogens with zero attached hydrogens (tertiary/aromatic N) is 3. The number of fused-ring (bicyclic) bond motifs is 1. The van der Waals surface area contributed by atoms with Gasteiger partial charge in [-0.15, -0.1) is 10.2 Å². The van der Waals surface area contributed by atoms with E-state index in [0.29, 0.717) is 43.1 Å². The maximum atomic E-state index is 12.8. The number of aromatic nitrogens is 3. The van der Waals surface area contributed by atoms with Crippen LogP contribution in [0.5, 0.6) is 0 Å². The number of amides is 1. The van der Waals surface area contributed by atoms with Gasteiger partial charge in [0.1, 0.15) is 16.8 Å². The third-order valence-corrected chi connectivity index (χ3v) is 5.87. The highest BCUT2D eigenvalue weighted by atomic mass is 35.5. The van der Waals surface area contributed by atoms with Crippen LogP contribution < -0.4 is 5.32 Å². The normalized spacial score (nSPS) is 11.2. The van der Waals surface area contributed by atoms with Crippen molar-refractivity contribution < 1.29 is 9.21 Å². The zero-order valence-electron chi connectivity index (χ0n) is 17.1. The van der Waals surface area contributed by atoms with E-state index >= 15 is 0 Å². The summed E-state index contributed by atoms with van der Waals surface area (Å²) in [5.74, 6) is 0.197. The van der Waals surface area contributed by atoms with Gasteiger partial charge in [0.25, 0.3) is 5.91 Å². The number of rotatable bonds is 4. The third-order valence-electron chi connectivity index (χ3n) is 5.06. The van der Waals surface area contributed by atoms with E-state index in [1.165, 1.54) is 4.80 Å². The van der Waals surface area contributed by atoms with Crippen molar-refractivity contribution in [3.8, 4) is 17.0 Å². The average molecular weight is 498 g/mol. The quantitative estimate of drug-likeness (QED) is 0.285. The minimum absolute atomic E-state index is 0.144. The number of aryl methyl sites for hydroxylation is 1. The minimum Gasteiger partial charge on any atom is -0.451 e. The Kier molecular flexibility index (Phi) is 5.58. The van der Waals surface area contributed by atoms with Gasteiger partial charge in [0.2, 0.25) is 0 Å². The van der Waals surface area contributed by atoms with Gasteiger partial charge in [-0.2, -0.15) is 4.80 Å². The van der Waals surface area contributed by atoms with Crippen molar-refractivity contribution in [3.05, 3.63) is 93.1 Å². The third kappa shape index (κ3) is 4.33. The number of furan rings is 1. The van der Waals surface area contributed by atoms with Crippen LogP contribution in [0.15, 0.2) is 71.1 Å². The van der Waals surface area contributed by atoms with Crippen molar-refractivity contribution >= 4 is 57.4 Å². The number of anilines is 1. The lowest BCUT2D eigenvalue weighted by molar-refractivity contribution is 0.0997. The van der Waals surface area contributed by atoms with Crippen LogP contribution in [0.3, 0.4) is 0 Å². The summed E-state index contributed by atoms with van der Waals surface area (Å²) in [6.45, 7) is 1.88. The summed E-state index contributed by atoms with van der Waals surface area (Å²) in [5.41, 5.74) is 4.17. The second-order valence-electron chi connectivity index (χ2n) is 7.36. The maximum absolute atomic E-state index is 12.8. The van der Waals surface area contributed by atoms with E-state index in [9.17, 15) is 4.79 Å². The number of halogens is 3. The van der Waals surface area contributed by atoms with Crippen LogP contribution in [-0.2, 0) is 0 Å². The molecule has 0 aliphatic rings. The Morgan fingerprint density at radius 2 is 1.58 bits per heavy atom. The molecule has 0 radical (unpaired) electrons. The van der Waals surface area contributed by atoms with E-state index < -0.39 is 5.91 Å². The predicted octanol–water partition coefficient (Wildman–Crippen LogP) is 7.20. The first-order valence-corrected chi connectivity index (χ1v) is 11.0. The topological polar surface area (TPSA) is 73.0 Å². The lowest BCUT2D eigenvalue weighted by Gasteiger charge is -2.07. The monoisotopic (exact) mass is 496 g/mol. The molecule has 0 saturated heterocycles. The molecule has 0 atom stereocenters. The molecule has 0 aliphatic carbocycles. The summed E-state index contributed by atoms with van der Waals surface area (Å²) in [6.07, 6.45) is 0. The minimum atomic E-state index is -0.396. The van der Waals surface area contributed by atoms with Crippen LogP contribution in [-0.4, -0.2) is 20.9 Å². The summed E-state index contributed by atoms with van der Waals surface area (Å²) in [6, 6.07) is 19.2. The Bertz CT molecular complexity index is 1510. The second kappa shape index (κ2) is 8.56.